The highest BCUT2D eigenvalue weighted by molar-refractivity contribution is 6.04. The zero-order valence-electron chi connectivity index (χ0n) is 22.2. The van der Waals surface area contributed by atoms with E-state index < -0.39 is 0 Å². The van der Waals surface area contributed by atoms with E-state index >= 15 is 0 Å². The van der Waals surface area contributed by atoms with Gasteiger partial charge in [-0.05, 0) is 5.56 Å². The van der Waals surface area contributed by atoms with Crippen molar-refractivity contribution in [1.29, 1.82) is 0 Å². The molecule has 1 aliphatic rings. The maximum Gasteiger partial charge on any atom is 0.142 e. The third-order valence-electron chi connectivity index (χ3n) is 7.96. The summed E-state index contributed by atoms with van der Waals surface area (Å²) in [5.41, 5.74) is 3.82. The van der Waals surface area contributed by atoms with Crippen molar-refractivity contribution in [3.8, 4) is 0 Å². The Morgan fingerprint density at radius 3 is 1.26 bits per heavy atom. The van der Waals surface area contributed by atoms with E-state index in [1.165, 1.54) is 0 Å². The molecule has 0 atom stereocenters. The second-order valence-corrected chi connectivity index (χ2v) is 10.3. The SMILES string of the molecule is C=Cc1cccc2c3[nH]c(c12)N=c1[nH]c(c2ccccc12)=Nc1[nH]c(c2ccccc12)N=c1[nH]c(c2ccccc12)=N3. The van der Waals surface area contributed by atoms with Gasteiger partial charge < -0.3 is 19.9 Å². The lowest BCUT2D eigenvalue weighted by atomic mass is 10.1. The van der Waals surface area contributed by atoms with Gasteiger partial charge in [-0.2, -0.15) is 0 Å². The molecule has 4 aromatic heterocycles. The van der Waals surface area contributed by atoms with Crippen molar-refractivity contribution >= 4 is 72.4 Å². The van der Waals surface area contributed by atoms with Crippen molar-refractivity contribution < 1.29 is 0 Å². The van der Waals surface area contributed by atoms with Gasteiger partial charge in [-0.15, -0.1) is 0 Å². The molecule has 0 saturated carbocycles. The second kappa shape index (κ2) is 8.49. The van der Waals surface area contributed by atoms with Crippen LogP contribution in [0.1, 0.15) is 5.56 Å². The summed E-state index contributed by atoms with van der Waals surface area (Å²) >= 11 is 0. The van der Waals surface area contributed by atoms with Crippen LogP contribution in [-0.2, 0) is 0 Å². The fraction of sp³-hybridized carbons (Fsp3) is 0. The number of nitrogens with one attached hydrogen (secondary N) is 4. The second-order valence-electron chi connectivity index (χ2n) is 10.3. The average Bonchev–Trinajstić information content (AvgIpc) is 3.76. The third-order valence-corrected chi connectivity index (χ3v) is 7.96. The number of hydrogen-bond acceptors (Lipinski definition) is 4. The molecule has 0 unspecified atom stereocenters. The summed E-state index contributed by atoms with van der Waals surface area (Å²) < 4.78 is 0. The zero-order chi connectivity index (χ0) is 27.8. The Labute approximate surface area is 237 Å². The summed E-state index contributed by atoms with van der Waals surface area (Å²) in [6.07, 6.45) is 1.85. The lowest BCUT2D eigenvalue weighted by molar-refractivity contribution is 1.08. The Bertz CT molecular complexity index is 2660. The maximum absolute atomic E-state index is 5.14. The molecule has 1 aliphatic heterocycles. The molecule has 0 fully saturated rings. The van der Waals surface area contributed by atoms with Gasteiger partial charge in [-0.25, -0.2) is 20.0 Å². The van der Waals surface area contributed by atoms with E-state index in [4.69, 9.17) is 20.0 Å². The van der Waals surface area contributed by atoms with E-state index in [1.807, 2.05) is 54.6 Å². The van der Waals surface area contributed by atoms with E-state index in [0.29, 0.717) is 28.1 Å². The highest BCUT2D eigenvalue weighted by Gasteiger charge is 2.15. The van der Waals surface area contributed by atoms with Crippen LogP contribution in [0.3, 0.4) is 0 Å². The monoisotopic (exact) mass is 542 g/mol. The van der Waals surface area contributed by atoms with E-state index in [2.05, 4.69) is 69.0 Å². The molecule has 0 amide bonds. The fourth-order valence-corrected chi connectivity index (χ4v) is 6.02. The first-order chi connectivity index (χ1) is 20.7. The van der Waals surface area contributed by atoms with E-state index in [9.17, 15) is 0 Å². The van der Waals surface area contributed by atoms with Crippen LogP contribution in [0.2, 0.25) is 0 Å². The van der Waals surface area contributed by atoms with Crippen molar-refractivity contribution in [3.63, 3.8) is 0 Å². The van der Waals surface area contributed by atoms with Crippen molar-refractivity contribution in [2.75, 3.05) is 0 Å². The van der Waals surface area contributed by atoms with Crippen LogP contribution < -0.4 is 22.0 Å². The number of H-pyrrole nitrogens is 4. The van der Waals surface area contributed by atoms with Gasteiger partial charge in [0.1, 0.15) is 45.2 Å². The van der Waals surface area contributed by atoms with E-state index in [-0.39, 0.29) is 0 Å². The predicted octanol–water partition coefficient (Wildman–Crippen LogP) is 6.37. The van der Waals surface area contributed by atoms with Crippen LogP contribution >= 0.6 is 0 Å². The van der Waals surface area contributed by atoms with Gasteiger partial charge in [0.2, 0.25) is 0 Å². The summed E-state index contributed by atoms with van der Waals surface area (Å²) in [6, 6.07) is 30.6. The molecular formula is C34H22N8. The first kappa shape index (κ1) is 22.8. The lowest BCUT2D eigenvalue weighted by Crippen LogP contribution is -2.10. The maximum atomic E-state index is 5.14. The normalized spacial score (nSPS) is 12.7. The molecule has 42 heavy (non-hydrogen) atoms. The quantitative estimate of drug-likeness (QED) is 0.185. The van der Waals surface area contributed by atoms with Gasteiger partial charge >= 0.3 is 0 Å². The van der Waals surface area contributed by atoms with Crippen LogP contribution in [0.15, 0.2) is 118 Å². The smallest absolute Gasteiger partial charge is 0.142 e. The van der Waals surface area contributed by atoms with Crippen LogP contribution in [0.4, 0.5) is 23.3 Å². The molecule has 8 bridgehead atoms. The third kappa shape index (κ3) is 3.23. The standard InChI is InChI=1S/C34H22N8/c1-2-18-10-9-17-25-26(18)34-41-32-24-16-8-7-15-23(24)30(39-32)37-28-20-12-4-3-11-19(20)27(35-28)36-29-21-13-5-6-14-22(21)31(38-29)40-33(25)42-34/h2-17H,1H2,(H4,35,36,37,38,39,40,41,42). The topological polar surface area (TPSA) is 113 Å². The van der Waals surface area contributed by atoms with Gasteiger partial charge in [0.15, 0.2) is 0 Å². The van der Waals surface area contributed by atoms with Gasteiger partial charge in [0.05, 0.1) is 0 Å². The van der Waals surface area contributed by atoms with E-state index in [1.54, 1.807) is 0 Å². The van der Waals surface area contributed by atoms with Gasteiger partial charge in [-0.3, -0.25) is 0 Å². The molecule has 0 radical (unpaired) electrons. The van der Waals surface area contributed by atoms with Crippen LogP contribution in [0.25, 0.3) is 49.2 Å². The Morgan fingerprint density at radius 2 is 0.786 bits per heavy atom. The first-order valence-corrected chi connectivity index (χ1v) is 13.7. The largest absolute Gasteiger partial charge is 0.324 e. The molecule has 8 heteroatoms. The highest BCUT2D eigenvalue weighted by Crippen LogP contribution is 2.37. The molecule has 4 N–H and O–H groups in total. The van der Waals surface area contributed by atoms with Crippen molar-refractivity contribution in [2.24, 2.45) is 20.0 Å². The highest BCUT2D eigenvalue weighted by atomic mass is 15.1. The number of benzene rings is 4. The molecule has 4 aromatic carbocycles. The number of aromatic nitrogens is 4. The molecule has 8 aromatic rings. The van der Waals surface area contributed by atoms with Gasteiger partial charge in [0.25, 0.3) is 0 Å². The van der Waals surface area contributed by atoms with Gasteiger partial charge in [0, 0.05) is 43.1 Å². The average molecular weight is 543 g/mol. The number of aromatic amines is 4. The Balaban J connectivity index is 1.52. The lowest BCUT2D eigenvalue weighted by Gasteiger charge is -1.98. The molecule has 198 valence electrons. The molecule has 0 spiro atoms. The number of rotatable bonds is 1. The Morgan fingerprint density at radius 1 is 0.405 bits per heavy atom. The zero-order valence-corrected chi connectivity index (χ0v) is 22.2. The number of fused-ring (bicyclic) bond motifs is 20. The molecule has 0 aliphatic carbocycles. The molecule has 9 rings (SSSR count). The molecule has 0 saturated heterocycles. The molecule has 8 nitrogen and oxygen atoms in total. The summed E-state index contributed by atoms with van der Waals surface area (Å²) in [7, 11) is 0. The summed E-state index contributed by atoms with van der Waals surface area (Å²) in [6.45, 7) is 4.06. The van der Waals surface area contributed by atoms with Crippen LogP contribution in [0, 0.1) is 0 Å². The summed E-state index contributed by atoms with van der Waals surface area (Å²) in [5, 5.41) is 7.76. The van der Waals surface area contributed by atoms with Crippen molar-refractivity contribution in [1.82, 2.24) is 19.9 Å². The number of nitrogens with zero attached hydrogens (tertiary/aromatic N) is 4. The Kier molecular flexibility index (Phi) is 4.60. The fourth-order valence-electron chi connectivity index (χ4n) is 6.02. The minimum absolute atomic E-state index is 0.693. The van der Waals surface area contributed by atoms with Crippen LogP contribution in [0.5, 0.6) is 0 Å². The molecular weight excluding hydrogens is 520 g/mol. The number of hydrogen-bond donors (Lipinski definition) is 4. The summed E-state index contributed by atoms with van der Waals surface area (Å²) in [5.74, 6) is 2.83. The summed E-state index contributed by atoms with van der Waals surface area (Å²) in [4.78, 5) is 34.4. The van der Waals surface area contributed by atoms with Gasteiger partial charge in [-0.1, -0.05) is 104 Å². The Hall–Kier alpha value is -6.02. The minimum Gasteiger partial charge on any atom is -0.324 e. The van der Waals surface area contributed by atoms with Crippen LogP contribution in [-0.4, -0.2) is 19.9 Å². The predicted molar refractivity (Wildman–Crippen MR) is 167 cm³/mol. The van der Waals surface area contributed by atoms with Crippen molar-refractivity contribution in [3.05, 3.63) is 125 Å². The van der Waals surface area contributed by atoms with Crippen molar-refractivity contribution in [2.45, 2.75) is 0 Å². The van der Waals surface area contributed by atoms with E-state index in [0.717, 1.165) is 65.8 Å². The first-order valence-electron chi connectivity index (χ1n) is 13.7. The minimum atomic E-state index is 0.693. The molecule has 5 heterocycles.